The van der Waals surface area contributed by atoms with Crippen molar-refractivity contribution >= 4 is 5.91 Å². The molecule has 1 aliphatic carbocycles. The number of carbonyl (C=O) groups is 1. The number of hydrogen-bond acceptors (Lipinski definition) is 3. The van der Waals surface area contributed by atoms with E-state index in [2.05, 4.69) is 28.8 Å². The highest BCUT2D eigenvalue weighted by Crippen LogP contribution is 2.25. The van der Waals surface area contributed by atoms with E-state index >= 15 is 0 Å². The first-order valence-corrected chi connectivity index (χ1v) is 10.0. The molecule has 1 saturated carbocycles. The smallest absolute Gasteiger partial charge is 0.251 e. The third-order valence-electron chi connectivity index (χ3n) is 5.69. The molecule has 2 fully saturated rings. The van der Waals surface area contributed by atoms with Crippen molar-refractivity contribution in [2.75, 3.05) is 13.1 Å². The lowest BCUT2D eigenvalue weighted by Crippen LogP contribution is -2.47. The molecule has 1 unspecified atom stereocenters. The fourth-order valence-electron chi connectivity index (χ4n) is 3.99. The van der Waals surface area contributed by atoms with Crippen molar-refractivity contribution in [2.24, 2.45) is 5.92 Å². The minimum atomic E-state index is 0.0584. The lowest BCUT2D eigenvalue weighted by Gasteiger charge is -2.35. The van der Waals surface area contributed by atoms with Crippen LogP contribution in [0.3, 0.4) is 0 Å². The second kappa shape index (κ2) is 8.68. The number of ether oxygens (including phenoxy) is 1. The van der Waals surface area contributed by atoms with Crippen LogP contribution in [0.5, 0.6) is 0 Å². The van der Waals surface area contributed by atoms with Gasteiger partial charge in [0, 0.05) is 11.6 Å². The molecule has 1 aliphatic heterocycles. The van der Waals surface area contributed by atoms with Crippen LogP contribution in [-0.2, 0) is 17.8 Å². The molecule has 4 rings (SSSR count). The summed E-state index contributed by atoms with van der Waals surface area (Å²) in [5, 5.41) is 6.60. The molecule has 2 aromatic carbocycles. The van der Waals surface area contributed by atoms with Crippen LogP contribution in [0.15, 0.2) is 54.6 Å². The Kier molecular flexibility index (Phi) is 5.85. The Labute approximate surface area is 161 Å². The molecule has 0 radical (unpaired) electrons. The van der Waals surface area contributed by atoms with Crippen molar-refractivity contribution < 1.29 is 9.53 Å². The molecular formula is C23H28N2O2. The van der Waals surface area contributed by atoms with Gasteiger partial charge in [0.15, 0.2) is 0 Å². The van der Waals surface area contributed by atoms with Crippen LogP contribution in [0.2, 0.25) is 0 Å². The largest absolute Gasteiger partial charge is 0.373 e. The van der Waals surface area contributed by atoms with E-state index < -0.39 is 0 Å². The van der Waals surface area contributed by atoms with E-state index in [4.69, 9.17) is 4.74 Å². The first kappa shape index (κ1) is 18.2. The van der Waals surface area contributed by atoms with Gasteiger partial charge in [-0.15, -0.1) is 0 Å². The summed E-state index contributed by atoms with van der Waals surface area (Å²) in [6.07, 6.45) is 4.21. The molecule has 2 N–H and O–H groups in total. The van der Waals surface area contributed by atoms with E-state index in [1.54, 1.807) is 0 Å². The van der Waals surface area contributed by atoms with Gasteiger partial charge >= 0.3 is 0 Å². The van der Waals surface area contributed by atoms with Crippen LogP contribution in [0.4, 0.5) is 0 Å². The Bertz CT molecular complexity index is 750. The minimum Gasteiger partial charge on any atom is -0.373 e. The van der Waals surface area contributed by atoms with Crippen LogP contribution in [0.25, 0.3) is 0 Å². The monoisotopic (exact) mass is 364 g/mol. The topological polar surface area (TPSA) is 50.4 Å². The van der Waals surface area contributed by atoms with Crippen molar-refractivity contribution in [3.63, 3.8) is 0 Å². The fraction of sp³-hybridized carbons (Fsp3) is 0.435. The zero-order chi connectivity index (χ0) is 18.5. The minimum absolute atomic E-state index is 0.0584. The molecule has 2 aliphatic rings. The highest BCUT2D eigenvalue weighted by molar-refractivity contribution is 5.96. The first-order valence-electron chi connectivity index (χ1n) is 10.0. The van der Waals surface area contributed by atoms with Gasteiger partial charge in [-0.3, -0.25) is 4.79 Å². The van der Waals surface area contributed by atoms with Crippen molar-refractivity contribution in [3.8, 4) is 0 Å². The van der Waals surface area contributed by atoms with Crippen molar-refractivity contribution in [2.45, 2.75) is 44.4 Å². The van der Waals surface area contributed by atoms with E-state index in [1.165, 1.54) is 17.5 Å². The Morgan fingerprint density at radius 2 is 1.85 bits per heavy atom. The molecule has 4 nitrogen and oxygen atoms in total. The van der Waals surface area contributed by atoms with Gasteiger partial charge in [0.1, 0.15) is 0 Å². The van der Waals surface area contributed by atoms with Crippen LogP contribution in [-0.4, -0.2) is 31.1 Å². The fourth-order valence-corrected chi connectivity index (χ4v) is 3.99. The van der Waals surface area contributed by atoms with Crippen molar-refractivity contribution in [3.05, 3.63) is 71.3 Å². The predicted molar refractivity (Wildman–Crippen MR) is 107 cm³/mol. The van der Waals surface area contributed by atoms with Gasteiger partial charge in [-0.2, -0.15) is 0 Å². The molecule has 0 aromatic heterocycles. The molecule has 1 amide bonds. The summed E-state index contributed by atoms with van der Waals surface area (Å²) in [7, 11) is 0. The third kappa shape index (κ3) is 4.76. The Morgan fingerprint density at radius 1 is 1.07 bits per heavy atom. The molecule has 0 bridgehead atoms. The maximum absolute atomic E-state index is 12.8. The van der Waals surface area contributed by atoms with E-state index in [-0.39, 0.29) is 18.1 Å². The first-order chi connectivity index (χ1) is 13.3. The molecule has 142 valence electrons. The normalized spacial score (nSPS) is 24.4. The lowest BCUT2D eigenvalue weighted by atomic mass is 9.88. The molecule has 27 heavy (non-hydrogen) atoms. The number of amides is 1. The van der Waals surface area contributed by atoms with Crippen molar-refractivity contribution in [1.82, 2.24) is 10.6 Å². The summed E-state index contributed by atoms with van der Waals surface area (Å²) in [5.74, 6) is 0.696. The predicted octanol–water partition coefficient (Wildman–Crippen LogP) is 3.32. The second-order valence-electron chi connectivity index (χ2n) is 7.78. The Balaban J connectivity index is 1.25. The number of carbonyl (C=O) groups excluding carboxylic acids is 1. The zero-order valence-electron chi connectivity index (χ0n) is 15.7. The average Bonchev–Trinajstić information content (AvgIpc) is 3.17. The van der Waals surface area contributed by atoms with Crippen LogP contribution >= 0.6 is 0 Å². The summed E-state index contributed by atoms with van der Waals surface area (Å²) < 4.78 is 5.94. The van der Waals surface area contributed by atoms with Gasteiger partial charge < -0.3 is 15.4 Å². The number of benzene rings is 2. The quantitative estimate of drug-likeness (QED) is 0.792. The van der Waals surface area contributed by atoms with Gasteiger partial charge in [-0.1, -0.05) is 48.5 Å². The summed E-state index contributed by atoms with van der Waals surface area (Å²) in [6.45, 7) is 2.79. The van der Waals surface area contributed by atoms with Crippen molar-refractivity contribution in [1.29, 1.82) is 0 Å². The molecule has 2 aromatic rings. The van der Waals surface area contributed by atoms with Gasteiger partial charge in [0.05, 0.1) is 12.7 Å². The summed E-state index contributed by atoms with van der Waals surface area (Å²) in [4.78, 5) is 12.8. The maximum atomic E-state index is 12.8. The van der Waals surface area contributed by atoms with Crippen LogP contribution in [0.1, 0.15) is 40.7 Å². The number of rotatable bonds is 7. The summed E-state index contributed by atoms with van der Waals surface area (Å²) in [6, 6.07) is 18.5. The summed E-state index contributed by atoms with van der Waals surface area (Å²) in [5.41, 5.74) is 3.19. The second-order valence-corrected chi connectivity index (χ2v) is 7.78. The maximum Gasteiger partial charge on any atom is 0.251 e. The van der Waals surface area contributed by atoms with Gasteiger partial charge in [-0.25, -0.2) is 0 Å². The molecule has 1 heterocycles. The van der Waals surface area contributed by atoms with Gasteiger partial charge in [-0.05, 0) is 61.9 Å². The van der Waals surface area contributed by atoms with E-state index in [9.17, 15) is 4.79 Å². The van der Waals surface area contributed by atoms with E-state index in [1.807, 2.05) is 36.4 Å². The average molecular weight is 364 g/mol. The van der Waals surface area contributed by atoms with Gasteiger partial charge in [0.2, 0.25) is 0 Å². The number of nitrogens with one attached hydrogen (secondary N) is 2. The van der Waals surface area contributed by atoms with Crippen LogP contribution < -0.4 is 10.6 Å². The highest BCUT2D eigenvalue weighted by Gasteiger charge is 2.31. The van der Waals surface area contributed by atoms with E-state index in [0.717, 1.165) is 37.9 Å². The highest BCUT2D eigenvalue weighted by atomic mass is 16.5. The Hall–Kier alpha value is -2.17. The molecular weight excluding hydrogens is 336 g/mol. The van der Waals surface area contributed by atoms with Gasteiger partial charge in [0.25, 0.3) is 5.91 Å². The zero-order valence-corrected chi connectivity index (χ0v) is 15.7. The SMILES string of the molecule is O=C(NC1CC(OCc2ccccc2)C1)c1ccccc1CC1CCNC1. The Morgan fingerprint density at radius 3 is 2.63 bits per heavy atom. The standard InChI is InChI=1S/C23H28N2O2/c26-23(22-9-5-4-8-19(22)12-18-10-11-24-15-18)25-20-13-21(14-20)27-16-17-6-2-1-3-7-17/h1-9,18,20-21,24H,10-16H2,(H,25,26). The third-order valence-corrected chi connectivity index (χ3v) is 5.69. The lowest BCUT2D eigenvalue weighted by molar-refractivity contribution is -0.0251. The summed E-state index contributed by atoms with van der Waals surface area (Å²) >= 11 is 0. The molecule has 1 atom stereocenters. The molecule has 4 heteroatoms. The molecule has 1 saturated heterocycles. The van der Waals surface area contributed by atoms with Crippen LogP contribution in [0, 0.1) is 5.92 Å². The number of hydrogen-bond donors (Lipinski definition) is 2. The van der Waals surface area contributed by atoms with E-state index in [0.29, 0.717) is 12.5 Å². The molecule has 0 spiro atoms.